The molecule has 28 heavy (non-hydrogen) atoms. The van der Waals surface area contributed by atoms with Gasteiger partial charge in [-0.2, -0.15) is 5.10 Å². The van der Waals surface area contributed by atoms with Gasteiger partial charge in [0.15, 0.2) is 0 Å². The molecule has 0 saturated carbocycles. The highest BCUT2D eigenvalue weighted by Gasteiger charge is 2.34. The molecule has 5 N–H and O–H groups in total. The zero-order valence-corrected chi connectivity index (χ0v) is 16.5. The van der Waals surface area contributed by atoms with Crippen molar-refractivity contribution in [3.05, 3.63) is 47.7 Å². The van der Waals surface area contributed by atoms with Crippen LogP contribution in [0, 0.1) is 0 Å². The topological polar surface area (TPSA) is 109 Å². The zero-order valence-electron chi connectivity index (χ0n) is 16.5. The van der Waals surface area contributed by atoms with E-state index in [0.717, 1.165) is 25.5 Å². The quantitative estimate of drug-likeness (QED) is 0.664. The number of hydrogen-bond acceptors (Lipinski definition) is 6. The molecule has 152 valence electrons. The first kappa shape index (κ1) is 21.6. The largest absolute Gasteiger partial charge is 0.365 e. The Labute approximate surface area is 165 Å². The summed E-state index contributed by atoms with van der Waals surface area (Å²) in [4.78, 5) is 16.2. The van der Waals surface area contributed by atoms with Crippen molar-refractivity contribution in [3.63, 3.8) is 0 Å². The van der Waals surface area contributed by atoms with Gasteiger partial charge >= 0.3 is 0 Å². The number of carbonyl (C=O) groups is 1. The van der Waals surface area contributed by atoms with Crippen LogP contribution in [-0.2, 0) is 4.79 Å². The molecule has 2 unspecified atom stereocenters. The molecule has 0 saturated heterocycles. The lowest BCUT2D eigenvalue weighted by atomic mass is 9.97. The molecule has 2 aliphatic heterocycles. The fourth-order valence-electron chi connectivity index (χ4n) is 2.67. The van der Waals surface area contributed by atoms with E-state index in [1.807, 2.05) is 17.2 Å². The number of hydrogen-bond donors (Lipinski definition) is 3. The van der Waals surface area contributed by atoms with Crippen molar-refractivity contribution in [2.75, 3.05) is 19.6 Å². The Balaban J connectivity index is 2.27. The molecule has 0 aromatic rings. The number of primary amides is 1. The van der Waals surface area contributed by atoms with Crippen LogP contribution in [0.2, 0.25) is 0 Å². The summed E-state index contributed by atoms with van der Waals surface area (Å²) in [6.45, 7) is 8.99. The van der Waals surface area contributed by atoms with Crippen molar-refractivity contribution in [2.45, 2.75) is 38.4 Å². The Kier molecular flexibility index (Phi) is 7.28. The minimum Gasteiger partial charge on any atom is -0.365 e. The Hall–Kier alpha value is -2.74. The minimum atomic E-state index is -1.90. The average molecular weight is 388 g/mol. The van der Waals surface area contributed by atoms with E-state index in [0.29, 0.717) is 17.8 Å². The number of halogens is 1. The van der Waals surface area contributed by atoms with Crippen LogP contribution in [0.3, 0.4) is 0 Å². The number of amidine groups is 1. The molecule has 0 fully saturated rings. The Morgan fingerprint density at radius 2 is 2.29 bits per heavy atom. The molecular formula is C20H29FN6O. The van der Waals surface area contributed by atoms with Gasteiger partial charge in [0, 0.05) is 17.8 Å². The summed E-state index contributed by atoms with van der Waals surface area (Å²) < 4.78 is 14.7. The van der Waals surface area contributed by atoms with Gasteiger partial charge in [0.25, 0.3) is 5.91 Å². The summed E-state index contributed by atoms with van der Waals surface area (Å²) in [7, 11) is 0. The van der Waals surface area contributed by atoms with E-state index in [9.17, 15) is 9.18 Å². The molecule has 0 aliphatic carbocycles. The smallest absolute Gasteiger partial charge is 0.252 e. The molecule has 0 bridgehead atoms. The number of rotatable bonds is 5. The molecule has 8 heteroatoms. The molecule has 0 radical (unpaired) electrons. The first-order valence-electron chi connectivity index (χ1n) is 9.38. The van der Waals surface area contributed by atoms with E-state index in [-0.39, 0.29) is 18.0 Å². The number of carbonyl (C=O) groups excluding carboxylic acids is 1. The van der Waals surface area contributed by atoms with Crippen LogP contribution < -0.4 is 16.8 Å². The van der Waals surface area contributed by atoms with Crippen molar-refractivity contribution in [1.29, 1.82) is 0 Å². The Morgan fingerprint density at radius 3 is 2.96 bits per heavy atom. The third kappa shape index (κ3) is 5.63. The number of nitrogens with two attached hydrogens (primary N) is 2. The van der Waals surface area contributed by atoms with E-state index >= 15 is 0 Å². The molecule has 0 aromatic carbocycles. The van der Waals surface area contributed by atoms with Crippen LogP contribution in [0.25, 0.3) is 0 Å². The van der Waals surface area contributed by atoms with Crippen molar-refractivity contribution in [3.8, 4) is 0 Å². The molecule has 2 atom stereocenters. The van der Waals surface area contributed by atoms with Gasteiger partial charge in [-0.3, -0.25) is 14.8 Å². The normalized spacial score (nSPS) is 28.0. The molecule has 2 heterocycles. The van der Waals surface area contributed by atoms with E-state index in [4.69, 9.17) is 11.5 Å². The molecular weight excluding hydrogens is 359 g/mol. The van der Waals surface area contributed by atoms with Gasteiger partial charge < -0.3 is 16.8 Å². The van der Waals surface area contributed by atoms with E-state index in [2.05, 4.69) is 28.9 Å². The molecule has 1 amide bonds. The lowest BCUT2D eigenvalue weighted by molar-refractivity contribution is -0.114. The molecule has 2 aliphatic rings. The lowest BCUT2D eigenvalue weighted by Gasteiger charge is -2.21. The number of nitrogens with zero attached hydrogens (tertiary/aromatic N) is 3. The molecule has 0 spiro atoms. The lowest BCUT2D eigenvalue weighted by Crippen LogP contribution is -2.42. The molecule has 0 aromatic heterocycles. The first-order chi connectivity index (χ1) is 13.2. The summed E-state index contributed by atoms with van der Waals surface area (Å²) in [6, 6.07) is -0.882. The highest BCUT2D eigenvalue weighted by Crippen LogP contribution is 2.22. The van der Waals surface area contributed by atoms with Crippen LogP contribution in [0.4, 0.5) is 4.39 Å². The summed E-state index contributed by atoms with van der Waals surface area (Å²) in [6.07, 6.45) is 10.6. The van der Waals surface area contributed by atoms with Crippen molar-refractivity contribution in [1.82, 2.24) is 10.3 Å². The van der Waals surface area contributed by atoms with Gasteiger partial charge in [-0.1, -0.05) is 32.1 Å². The predicted molar refractivity (Wildman–Crippen MR) is 112 cm³/mol. The van der Waals surface area contributed by atoms with Crippen LogP contribution >= 0.6 is 0 Å². The maximum Gasteiger partial charge on any atom is 0.252 e. The summed E-state index contributed by atoms with van der Waals surface area (Å²) in [5.74, 6) is -0.617. The SMILES string of the molecule is C=C1/C=N\N(CCCC)C/C=C\C=C1NC1=NCC(N)C(C)(F)C=C1C(N)=O. The zero-order chi connectivity index (χ0) is 20.7. The van der Waals surface area contributed by atoms with Crippen molar-refractivity contribution in [2.24, 2.45) is 21.6 Å². The first-order valence-corrected chi connectivity index (χ1v) is 9.38. The van der Waals surface area contributed by atoms with Gasteiger partial charge in [0.1, 0.15) is 11.5 Å². The van der Waals surface area contributed by atoms with E-state index in [1.54, 1.807) is 12.3 Å². The second-order valence-corrected chi connectivity index (χ2v) is 7.04. The van der Waals surface area contributed by atoms with Gasteiger partial charge in [0.05, 0.1) is 30.9 Å². The number of aliphatic imine (C=N–C) groups is 1. The Morgan fingerprint density at radius 1 is 1.54 bits per heavy atom. The summed E-state index contributed by atoms with van der Waals surface area (Å²) in [5, 5.41) is 9.47. The number of allylic oxidation sites excluding steroid dienone is 3. The summed E-state index contributed by atoms with van der Waals surface area (Å²) in [5.41, 5.74) is 10.5. The van der Waals surface area contributed by atoms with Gasteiger partial charge in [0.2, 0.25) is 0 Å². The second-order valence-electron chi connectivity index (χ2n) is 7.04. The van der Waals surface area contributed by atoms with Gasteiger partial charge in [-0.05, 0) is 25.5 Å². The summed E-state index contributed by atoms with van der Waals surface area (Å²) >= 11 is 0. The van der Waals surface area contributed by atoms with Crippen LogP contribution in [0.1, 0.15) is 26.7 Å². The Bertz CT molecular complexity index is 763. The van der Waals surface area contributed by atoms with Crippen molar-refractivity contribution >= 4 is 18.0 Å². The molecule has 7 nitrogen and oxygen atoms in total. The van der Waals surface area contributed by atoms with E-state index in [1.165, 1.54) is 6.92 Å². The maximum absolute atomic E-state index is 14.7. The fraction of sp³-hybridized carbons (Fsp3) is 0.450. The highest BCUT2D eigenvalue weighted by molar-refractivity contribution is 6.21. The number of nitrogens with one attached hydrogen (secondary N) is 1. The van der Waals surface area contributed by atoms with Crippen LogP contribution in [0.5, 0.6) is 0 Å². The van der Waals surface area contributed by atoms with Gasteiger partial charge in [-0.25, -0.2) is 4.39 Å². The third-order valence-electron chi connectivity index (χ3n) is 4.58. The second kappa shape index (κ2) is 9.45. The van der Waals surface area contributed by atoms with Crippen LogP contribution in [-0.4, -0.2) is 54.3 Å². The average Bonchev–Trinajstić information content (AvgIpc) is 2.70. The monoisotopic (exact) mass is 388 g/mol. The van der Waals surface area contributed by atoms with Crippen LogP contribution in [0.15, 0.2) is 57.8 Å². The highest BCUT2D eigenvalue weighted by atomic mass is 19.1. The number of alkyl halides is 1. The third-order valence-corrected chi connectivity index (χ3v) is 4.58. The number of unbranched alkanes of at least 4 members (excludes halogenated alkanes) is 1. The number of hydrazone groups is 1. The number of amides is 1. The van der Waals surface area contributed by atoms with Gasteiger partial charge in [-0.15, -0.1) is 0 Å². The van der Waals surface area contributed by atoms with Crippen molar-refractivity contribution < 1.29 is 9.18 Å². The maximum atomic E-state index is 14.7. The standard InChI is InChI=1S/C20H29FN6O/c1-4-5-9-27-10-7-6-8-16(14(2)12-25-27)26-19-15(18(23)28)11-20(3,21)17(22)13-24-19/h6-8,11-12,17H,2,4-5,9-10,13,22H2,1,3H3,(H2,23,28)(H,24,26)/b7-6-,16-8?,25-12-. The predicted octanol–water partition coefficient (Wildman–Crippen LogP) is 1.55. The fourth-order valence-corrected chi connectivity index (χ4v) is 2.67. The molecule has 2 rings (SSSR count). The van der Waals surface area contributed by atoms with E-state index < -0.39 is 17.6 Å². The minimum absolute atomic E-state index is 0.0110.